The molecule has 4 rings (SSSR count). The fraction of sp³-hybridized carbons (Fsp3) is 0.432. The van der Waals surface area contributed by atoms with Crippen LogP contribution in [0.5, 0.6) is 11.5 Å². The van der Waals surface area contributed by atoms with E-state index in [1.807, 2.05) is 107 Å². The molecular weight excluding hydrogens is 629 g/mol. The van der Waals surface area contributed by atoms with Crippen molar-refractivity contribution in [3.05, 3.63) is 95.6 Å². The molecule has 0 bridgehead atoms. The number of ether oxygens (including phenoxy) is 3. The minimum Gasteiger partial charge on any atom is -0.497 e. The number of carbonyl (C=O) groups excluding carboxylic acids is 2. The Morgan fingerprint density at radius 1 is 0.917 bits per heavy atom. The second-order valence-corrected chi connectivity index (χ2v) is 13.5. The average molecular weight is 676 g/mol. The third-order valence-corrected chi connectivity index (χ3v) is 10.4. The van der Waals surface area contributed by atoms with Crippen molar-refractivity contribution in [1.82, 2.24) is 9.57 Å². The number of amides is 2. The smallest absolute Gasteiger partial charge is 0.259 e. The van der Waals surface area contributed by atoms with E-state index >= 15 is 0 Å². The molecule has 1 saturated heterocycles. The molecule has 1 fully saturated rings. The van der Waals surface area contributed by atoms with Gasteiger partial charge in [-0.25, -0.2) is 4.67 Å². The standard InChI is InChI=1S/C37H46N3O7P/c1-26(2)40(27(3)4)48(46-23-11-22-38)47-35-24-36(42)39(28(5)41)34(35)25-45-37(29-12-9-8-10-13-29,30-14-18-32(43-6)19-15-30)31-16-20-33(44-7)21-17-31/h8-10,12-21,26-27,34-35H,11,23-25H2,1-7H3/t34-,35+,48?/m1/s1. The van der Waals surface area contributed by atoms with Crippen LogP contribution in [0, 0.1) is 11.3 Å². The van der Waals surface area contributed by atoms with Gasteiger partial charge in [0.1, 0.15) is 17.1 Å². The highest BCUT2D eigenvalue weighted by Gasteiger charge is 2.48. The van der Waals surface area contributed by atoms with E-state index in [2.05, 4.69) is 10.7 Å². The summed E-state index contributed by atoms with van der Waals surface area (Å²) in [6.07, 6.45) is -0.526. The lowest BCUT2D eigenvalue weighted by Gasteiger charge is -2.40. The Labute approximate surface area is 285 Å². The third-order valence-electron chi connectivity index (χ3n) is 8.28. The maximum Gasteiger partial charge on any atom is 0.259 e. The lowest BCUT2D eigenvalue weighted by molar-refractivity contribution is -0.145. The van der Waals surface area contributed by atoms with Gasteiger partial charge < -0.3 is 23.3 Å². The van der Waals surface area contributed by atoms with E-state index in [-0.39, 0.29) is 44.0 Å². The average Bonchev–Trinajstić information content (AvgIpc) is 3.40. The van der Waals surface area contributed by atoms with Gasteiger partial charge in [-0.15, -0.1) is 0 Å². The summed E-state index contributed by atoms with van der Waals surface area (Å²) in [5, 5.41) is 9.18. The molecule has 3 aromatic carbocycles. The summed E-state index contributed by atoms with van der Waals surface area (Å²) in [4.78, 5) is 27.7. The maximum atomic E-state index is 13.4. The molecule has 0 radical (unpaired) electrons. The van der Waals surface area contributed by atoms with Crippen LogP contribution < -0.4 is 9.47 Å². The topological polar surface area (TPSA) is 111 Å². The van der Waals surface area contributed by atoms with Crippen molar-refractivity contribution in [2.24, 2.45) is 0 Å². The number of imide groups is 1. The molecular formula is C37H46N3O7P. The zero-order valence-corrected chi connectivity index (χ0v) is 29.7. The van der Waals surface area contributed by atoms with Crippen LogP contribution in [0.4, 0.5) is 0 Å². The van der Waals surface area contributed by atoms with Gasteiger partial charge >= 0.3 is 0 Å². The normalized spacial score (nSPS) is 17.2. The molecule has 2 amide bonds. The van der Waals surface area contributed by atoms with E-state index < -0.39 is 32.2 Å². The number of carbonyl (C=O) groups is 2. The van der Waals surface area contributed by atoms with Crippen LogP contribution >= 0.6 is 8.53 Å². The lowest BCUT2D eigenvalue weighted by Crippen LogP contribution is -2.47. The minimum atomic E-state index is -1.68. The van der Waals surface area contributed by atoms with Crippen LogP contribution in [-0.2, 0) is 29.0 Å². The van der Waals surface area contributed by atoms with Crippen LogP contribution in [0.25, 0.3) is 0 Å². The maximum absolute atomic E-state index is 13.4. The highest BCUT2D eigenvalue weighted by molar-refractivity contribution is 7.44. The van der Waals surface area contributed by atoms with Gasteiger partial charge in [-0.3, -0.25) is 14.5 Å². The Morgan fingerprint density at radius 2 is 1.44 bits per heavy atom. The zero-order valence-electron chi connectivity index (χ0n) is 28.8. The molecule has 1 unspecified atom stereocenters. The summed E-state index contributed by atoms with van der Waals surface area (Å²) in [5.41, 5.74) is 1.34. The number of hydrogen-bond donors (Lipinski definition) is 0. The molecule has 1 heterocycles. The molecule has 11 heteroatoms. The predicted molar refractivity (Wildman–Crippen MR) is 184 cm³/mol. The molecule has 0 aliphatic carbocycles. The van der Waals surface area contributed by atoms with Gasteiger partial charge in [0, 0.05) is 19.0 Å². The van der Waals surface area contributed by atoms with E-state index in [4.69, 9.17) is 23.3 Å². The lowest BCUT2D eigenvalue weighted by atomic mass is 9.80. The number of likely N-dealkylation sites (tertiary alicyclic amines) is 1. The first-order chi connectivity index (χ1) is 23.1. The van der Waals surface area contributed by atoms with Gasteiger partial charge in [-0.05, 0) is 68.7 Å². The van der Waals surface area contributed by atoms with Gasteiger partial charge in [0.15, 0.2) is 0 Å². The number of nitrogens with zero attached hydrogens (tertiary/aromatic N) is 3. The van der Waals surface area contributed by atoms with Crippen molar-refractivity contribution in [3.8, 4) is 17.6 Å². The van der Waals surface area contributed by atoms with E-state index in [9.17, 15) is 14.9 Å². The van der Waals surface area contributed by atoms with Gasteiger partial charge in [-0.2, -0.15) is 5.26 Å². The minimum absolute atomic E-state index is 0.0124. The summed E-state index contributed by atoms with van der Waals surface area (Å²) < 4.78 is 33.0. The SMILES string of the molecule is COc1ccc(C(OC[C@@H]2[C@@H](OP(OCCC#N)N(C(C)C)C(C)C)CC(=O)N2C(C)=O)(c2ccccc2)c2ccc(OC)cc2)cc1. The van der Waals surface area contributed by atoms with Gasteiger partial charge in [0.25, 0.3) is 8.53 Å². The van der Waals surface area contributed by atoms with Gasteiger partial charge in [0.05, 0.1) is 58.5 Å². The predicted octanol–water partition coefficient (Wildman–Crippen LogP) is 6.82. The number of rotatable bonds is 16. The number of benzene rings is 3. The van der Waals surface area contributed by atoms with Crippen LogP contribution in [0.15, 0.2) is 78.9 Å². The van der Waals surface area contributed by atoms with Crippen LogP contribution in [0.1, 0.15) is 64.2 Å². The largest absolute Gasteiger partial charge is 0.497 e. The molecule has 10 nitrogen and oxygen atoms in total. The quantitative estimate of drug-likeness (QED) is 0.0918. The van der Waals surface area contributed by atoms with E-state index in [0.717, 1.165) is 16.7 Å². The van der Waals surface area contributed by atoms with Crippen molar-refractivity contribution >= 4 is 20.3 Å². The Kier molecular flexibility index (Phi) is 13.1. The van der Waals surface area contributed by atoms with Crippen molar-refractivity contribution in [3.63, 3.8) is 0 Å². The molecule has 1 aliphatic rings. The molecule has 1 aliphatic heterocycles. The first-order valence-corrected chi connectivity index (χ1v) is 17.3. The molecule has 0 N–H and O–H groups in total. The molecule has 48 heavy (non-hydrogen) atoms. The fourth-order valence-electron chi connectivity index (χ4n) is 6.15. The monoisotopic (exact) mass is 675 g/mol. The summed E-state index contributed by atoms with van der Waals surface area (Å²) >= 11 is 0. The summed E-state index contributed by atoms with van der Waals surface area (Å²) in [5.74, 6) is 0.654. The number of nitriles is 1. The van der Waals surface area contributed by atoms with Crippen LogP contribution in [-0.4, -0.2) is 73.0 Å². The Balaban J connectivity index is 1.81. The van der Waals surface area contributed by atoms with E-state index in [0.29, 0.717) is 11.5 Å². The van der Waals surface area contributed by atoms with Gasteiger partial charge in [0.2, 0.25) is 11.8 Å². The number of hydrogen-bond acceptors (Lipinski definition) is 9. The molecule has 0 spiro atoms. The molecule has 0 saturated carbocycles. The number of methoxy groups -OCH3 is 2. The fourth-order valence-corrected chi connectivity index (χ4v) is 7.90. The first-order valence-electron chi connectivity index (χ1n) is 16.1. The van der Waals surface area contributed by atoms with E-state index in [1.54, 1.807) is 14.2 Å². The highest BCUT2D eigenvalue weighted by atomic mass is 31.2. The summed E-state index contributed by atoms with van der Waals surface area (Å²) in [6.45, 7) is 9.72. The Bertz CT molecular complexity index is 1470. The van der Waals surface area contributed by atoms with Crippen molar-refractivity contribution in [2.75, 3.05) is 27.4 Å². The summed E-state index contributed by atoms with van der Waals surface area (Å²) in [6, 6.07) is 26.7. The molecule has 0 aromatic heterocycles. The van der Waals surface area contributed by atoms with Crippen LogP contribution in [0.3, 0.4) is 0 Å². The van der Waals surface area contributed by atoms with Crippen molar-refractivity contribution < 1.29 is 32.8 Å². The summed E-state index contributed by atoms with van der Waals surface area (Å²) in [7, 11) is 1.55. The van der Waals surface area contributed by atoms with Crippen LogP contribution in [0.2, 0.25) is 0 Å². The second kappa shape index (κ2) is 17.0. The molecule has 3 aromatic rings. The molecule has 256 valence electrons. The third kappa shape index (κ3) is 8.23. The zero-order chi connectivity index (χ0) is 34.8. The van der Waals surface area contributed by atoms with Crippen molar-refractivity contribution in [2.45, 2.75) is 77.3 Å². The first kappa shape index (κ1) is 37.0. The second-order valence-electron chi connectivity index (χ2n) is 12.1. The van der Waals surface area contributed by atoms with E-state index in [1.165, 1.54) is 11.8 Å². The Hall–Kier alpha value is -3.84. The highest BCUT2D eigenvalue weighted by Crippen LogP contribution is 2.50. The Morgan fingerprint density at radius 3 is 1.90 bits per heavy atom. The van der Waals surface area contributed by atoms with Crippen molar-refractivity contribution in [1.29, 1.82) is 5.26 Å². The van der Waals surface area contributed by atoms with Gasteiger partial charge in [-0.1, -0.05) is 54.6 Å². The molecule has 3 atom stereocenters.